The molecular formula is C19H18F2N2O2. The number of rotatable bonds is 2. The number of benzene rings is 1. The SMILES string of the molecule is O=Cc1ccc(N2CCC3(CC2)CC(F)(F)c2ccccc2O3)nc1. The molecule has 0 radical (unpaired) electrons. The summed E-state index contributed by atoms with van der Waals surface area (Å²) in [5.74, 6) is -1.83. The highest BCUT2D eigenvalue weighted by Gasteiger charge is 2.51. The standard InChI is InChI=1S/C19H18F2N2O2/c20-19(21)13-18(25-16-4-2-1-3-15(16)19)7-9-23(10-8-18)17-6-5-14(12-24)11-22-17/h1-6,11-12H,7-10,13H2. The average molecular weight is 344 g/mol. The minimum Gasteiger partial charge on any atom is -0.486 e. The summed E-state index contributed by atoms with van der Waals surface area (Å²) in [6, 6.07) is 9.90. The highest BCUT2D eigenvalue weighted by molar-refractivity contribution is 5.74. The summed E-state index contributed by atoms with van der Waals surface area (Å²) in [7, 11) is 0. The van der Waals surface area contributed by atoms with Crippen molar-refractivity contribution in [3.05, 3.63) is 53.7 Å². The van der Waals surface area contributed by atoms with Gasteiger partial charge in [-0.1, -0.05) is 12.1 Å². The van der Waals surface area contributed by atoms with E-state index in [0.717, 1.165) is 12.1 Å². The molecule has 0 unspecified atom stereocenters. The van der Waals surface area contributed by atoms with Crippen LogP contribution in [0.3, 0.4) is 0 Å². The molecule has 2 aliphatic rings. The van der Waals surface area contributed by atoms with Crippen molar-refractivity contribution in [2.75, 3.05) is 18.0 Å². The monoisotopic (exact) mass is 344 g/mol. The van der Waals surface area contributed by atoms with Gasteiger partial charge in [0.2, 0.25) is 0 Å². The van der Waals surface area contributed by atoms with Crippen molar-refractivity contribution in [3.63, 3.8) is 0 Å². The molecule has 0 aliphatic carbocycles. The molecule has 0 bridgehead atoms. The quantitative estimate of drug-likeness (QED) is 0.777. The third kappa shape index (κ3) is 2.86. The number of carbonyl (C=O) groups is 1. The van der Waals surface area contributed by atoms with Crippen LogP contribution in [0.1, 0.15) is 35.2 Å². The molecule has 2 aliphatic heterocycles. The zero-order valence-electron chi connectivity index (χ0n) is 13.6. The summed E-state index contributed by atoms with van der Waals surface area (Å²) in [5.41, 5.74) is -0.338. The van der Waals surface area contributed by atoms with Gasteiger partial charge in [-0.25, -0.2) is 13.8 Å². The molecule has 0 N–H and O–H groups in total. The predicted octanol–water partition coefficient (Wildman–Crippen LogP) is 3.81. The summed E-state index contributed by atoms with van der Waals surface area (Å²) >= 11 is 0. The summed E-state index contributed by atoms with van der Waals surface area (Å²) in [6.45, 7) is 1.18. The molecule has 2 aromatic rings. The molecule has 25 heavy (non-hydrogen) atoms. The van der Waals surface area contributed by atoms with Gasteiger partial charge in [-0.05, 0) is 24.3 Å². The van der Waals surface area contributed by atoms with E-state index in [-0.39, 0.29) is 12.0 Å². The topological polar surface area (TPSA) is 42.4 Å². The lowest BCUT2D eigenvalue weighted by Gasteiger charge is -2.46. The number of fused-ring (bicyclic) bond motifs is 1. The fraction of sp³-hybridized carbons (Fsp3) is 0.368. The maximum atomic E-state index is 14.6. The van der Waals surface area contributed by atoms with Gasteiger partial charge in [0, 0.05) is 37.7 Å². The second-order valence-corrected chi connectivity index (χ2v) is 6.72. The number of aldehydes is 1. The summed E-state index contributed by atoms with van der Waals surface area (Å²) in [6.07, 6.45) is 3.00. The number of halogens is 2. The molecule has 1 fully saturated rings. The second-order valence-electron chi connectivity index (χ2n) is 6.72. The van der Waals surface area contributed by atoms with Gasteiger partial charge in [0.25, 0.3) is 5.92 Å². The minimum atomic E-state index is -2.87. The molecule has 0 amide bonds. The molecule has 0 atom stereocenters. The van der Waals surface area contributed by atoms with Gasteiger partial charge in [-0.15, -0.1) is 0 Å². The van der Waals surface area contributed by atoms with E-state index in [1.165, 1.54) is 12.3 Å². The first-order chi connectivity index (χ1) is 12.0. The molecule has 1 spiro atoms. The zero-order valence-corrected chi connectivity index (χ0v) is 13.6. The number of carbonyl (C=O) groups excluding carboxylic acids is 1. The Morgan fingerprint density at radius 3 is 2.56 bits per heavy atom. The third-order valence-corrected chi connectivity index (χ3v) is 5.06. The van der Waals surface area contributed by atoms with Crippen LogP contribution in [-0.2, 0) is 5.92 Å². The van der Waals surface area contributed by atoms with Crippen molar-refractivity contribution in [1.82, 2.24) is 4.98 Å². The number of piperidine rings is 1. The lowest BCUT2D eigenvalue weighted by Crippen LogP contribution is -2.52. The van der Waals surface area contributed by atoms with Crippen LogP contribution in [-0.4, -0.2) is 30.0 Å². The Bertz CT molecular complexity index is 784. The van der Waals surface area contributed by atoms with Crippen molar-refractivity contribution in [2.45, 2.75) is 30.8 Å². The van der Waals surface area contributed by atoms with Crippen molar-refractivity contribution >= 4 is 12.1 Å². The normalized spacial score (nSPS) is 20.6. The van der Waals surface area contributed by atoms with Crippen LogP contribution in [0.15, 0.2) is 42.6 Å². The Morgan fingerprint density at radius 1 is 1.12 bits per heavy atom. The molecular weight excluding hydrogens is 326 g/mol. The molecule has 1 aromatic heterocycles. The van der Waals surface area contributed by atoms with Crippen LogP contribution in [0.4, 0.5) is 14.6 Å². The Labute approximate surface area is 144 Å². The number of hydrogen-bond donors (Lipinski definition) is 0. The van der Waals surface area contributed by atoms with Gasteiger partial charge in [-0.2, -0.15) is 0 Å². The fourth-order valence-corrected chi connectivity index (χ4v) is 3.70. The second kappa shape index (κ2) is 5.79. The van der Waals surface area contributed by atoms with E-state index < -0.39 is 11.5 Å². The number of ether oxygens (including phenoxy) is 1. The molecule has 3 heterocycles. The Balaban J connectivity index is 1.52. The number of pyridine rings is 1. The molecule has 4 nitrogen and oxygen atoms in total. The lowest BCUT2D eigenvalue weighted by molar-refractivity contribution is -0.114. The number of aromatic nitrogens is 1. The van der Waals surface area contributed by atoms with Gasteiger partial charge in [-0.3, -0.25) is 4.79 Å². The van der Waals surface area contributed by atoms with Crippen molar-refractivity contribution in [2.24, 2.45) is 0 Å². The van der Waals surface area contributed by atoms with E-state index in [9.17, 15) is 13.6 Å². The predicted molar refractivity (Wildman–Crippen MR) is 89.4 cm³/mol. The highest BCUT2D eigenvalue weighted by Crippen LogP contribution is 2.50. The number of nitrogens with zero attached hydrogens (tertiary/aromatic N) is 2. The first-order valence-corrected chi connectivity index (χ1v) is 8.34. The van der Waals surface area contributed by atoms with Crippen LogP contribution < -0.4 is 9.64 Å². The maximum absolute atomic E-state index is 14.6. The number of anilines is 1. The van der Waals surface area contributed by atoms with E-state index in [0.29, 0.717) is 37.2 Å². The zero-order chi connectivity index (χ0) is 17.5. The van der Waals surface area contributed by atoms with Gasteiger partial charge < -0.3 is 9.64 Å². The van der Waals surface area contributed by atoms with Crippen molar-refractivity contribution < 1.29 is 18.3 Å². The third-order valence-electron chi connectivity index (χ3n) is 5.06. The van der Waals surface area contributed by atoms with Gasteiger partial charge >= 0.3 is 0 Å². The van der Waals surface area contributed by atoms with E-state index in [1.807, 2.05) is 4.90 Å². The molecule has 1 aromatic carbocycles. The van der Waals surface area contributed by atoms with Crippen LogP contribution in [0.25, 0.3) is 0 Å². The number of para-hydroxylation sites is 1. The van der Waals surface area contributed by atoms with E-state index in [2.05, 4.69) is 4.98 Å². The van der Waals surface area contributed by atoms with Gasteiger partial charge in [0.1, 0.15) is 17.2 Å². The molecule has 4 rings (SSSR count). The summed E-state index contributed by atoms with van der Waals surface area (Å²) < 4.78 is 35.2. The Hall–Kier alpha value is -2.50. The van der Waals surface area contributed by atoms with Crippen LogP contribution >= 0.6 is 0 Å². The maximum Gasteiger partial charge on any atom is 0.280 e. The lowest BCUT2D eigenvalue weighted by atomic mass is 9.81. The molecule has 130 valence electrons. The van der Waals surface area contributed by atoms with E-state index >= 15 is 0 Å². The molecule has 1 saturated heterocycles. The van der Waals surface area contributed by atoms with Crippen LogP contribution in [0.5, 0.6) is 5.75 Å². The smallest absolute Gasteiger partial charge is 0.280 e. The largest absolute Gasteiger partial charge is 0.486 e. The van der Waals surface area contributed by atoms with Crippen molar-refractivity contribution in [1.29, 1.82) is 0 Å². The van der Waals surface area contributed by atoms with Crippen LogP contribution in [0.2, 0.25) is 0 Å². The average Bonchev–Trinajstić information content (AvgIpc) is 2.62. The Morgan fingerprint density at radius 2 is 1.88 bits per heavy atom. The van der Waals surface area contributed by atoms with E-state index in [1.54, 1.807) is 30.3 Å². The minimum absolute atomic E-state index is 0.0193. The molecule has 6 heteroatoms. The number of hydrogen-bond acceptors (Lipinski definition) is 4. The molecule has 0 saturated carbocycles. The summed E-state index contributed by atoms with van der Waals surface area (Å²) in [4.78, 5) is 17.0. The first kappa shape index (κ1) is 16.0. The van der Waals surface area contributed by atoms with Gasteiger partial charge in [0.05, 0.1) is 12.0 Å². The van der Waals surface area contributed by atoms with Crippen molar-refractivity contribution in [3.8, 4) is 5.75 Å². The van der Waals surface area contributed by atoms with Crippen LogP contribution in [0, 0.1) is 0 Å². The highest BCUT2D eigenvalue weighted by atomic mass is 19.3. The van der Waals surface area contributed by atoms with E-state index in [4.69, 9.17) is 4.74 Å². The Kier molecular flexibility index (Phi) is 3.71. The summed E-state index contributed by atoms with van der Waals surface area (Å²) in [5, 5.41) is 0. The first-order valence-electron chi connectivity index (χ1n) is 8.34. The van der Waals surface area contributed by atoms with Gasteiger partial charge in [0.15, 0.2) is 6.29 Å². The fourth-order valence-electron chi connectivity index (χ4n) is 3.70. The number of alkyl halides is 2.